The van der Waals surface area contributed by atoms with E-state index in [2.05, 4.69) is 15.9 Å². The maximum atomic E-state index is 13.0. The van der Waals surface area contributed by atoms with Gasteiger partial charge in [0.25, 0.3) is 11.1 Å². The molecule has 0 bridgehead atoms. The van der Waals surface area contributed by atoms with E-state index in [4.69, 9.17) is 55.9 Å². The molecule has 0 radical (unpaired) electrons. The Bertz CT molecular complexity index is 1400. The number of imide groups is 1. The maximum absolute atomic E-state index is 13.0. The number of halogens is 5. The first-order valence-electron chi connectivity index (χ1n) is 10.3. The van der Waals surface area contributed by atoms with Gasteiger partial charge in [0.1, 0.15) is 6.61 Å². The summed E-state index contributed by atoms with van der Waals surface area (Å²) >= 11 is 28.7. The Hall–Kier alpha value is -1.87. The van der Waals surface area contributed by atoms with Crippen molar-refractivity contribution in [2.45, 2.75) is 13.2 Å². The fraction of sp³-hybridized carbons (Fsp3) is 0.120. The molecule has 1 fully saturated rings. The third-order valence-corrected chi connectivity index (χ3v) is 7.82. The average Bonchev–Trinajstić information content (AvgIpc) is 3.08. The monoisotopic (exact) mass is 645 g/mol. The van der Waals surface area contributed by atoms with E-state index in [9.17, 15) is 9.59 Å². The number of rotatable bonds is 7. The molecule has 0 N–H and O–H groups in total. The second kappa shape index (κ2) is 11.7. The Morgan fingerprint density at radius 1 is 0.944 bits per heavy atom. The van der Waals surface area contributed by atoms with Crippen LogP contribution in [0.5, 0.6) is 11.5 Å². The van der Waals surface area contributed by atoms with Crippen molar-refractivity contribution in [2.75, 3.05) is 7.11 Å². The smallest absolute Gasteiger partial charge is 0.293 e. The molecular formula is C25H16BrCl4NO4S. The summed E-state index contributed by atoms with van der Waals surface area (Å²) < 4.78 is 12.1. The van der Waals surface area contributed by atoms with E-state index in [1.165, 1.54) is 7.11 Å². The van der Waals surface area contributed by atoms with Crippen LogP contribution < -0.4 is 9.47 Å². The molecule has 5 nitrogen and oxygen atoms in total. The molecule has 36 heavy (non-hydrogen) atoms. The van der Waals surface area contributed by atoms with Gasteiger partial charge in [-0.3, -0.25) is 14.5 Å². The van der Waals surface area contributed by atoms with Gasteiger partial charge in [-0.2, -0.15) is 0 Å². The standard InChI is InChI=1S/C25H16BrCl4NO4S/c1-34-21-7-13(6-18(26)23(21)35-12-15-3-5-17(28)10-20(15)30)8-22-24(32)31(25(33)36-22)11-14-2-4-16(27)9-19(14)29/h2-10H,11-12H2,1H3/b22-8+. The fourth-order valence-corrected chi connectivity index (χ4v) is 5.70. The van der Waals surface area contributed by atoms with Crippen LogP contribution in [0.15, 0.2) is 57.9 Å². The van der Waals surface area contributed by atoms with Crippen LogP contribution in [0.25, 0.3) is 6.08 Å². The summed E-state index contributed by atoms with van der Waals surface area (Å²) in [5, 5.41) is 1.50. The summed E-state index contributed by atoms with van der Waals surface area (Å²) in [6.45, 7) is 0.238. The van der Waals surface area contributed by atoms with Crippen LogP contribution in [-0.4, -0.2) is 23.2 Å². The summed E-state index contributed by atoms with van der Waals surface area (Å²) in [5.41, 5.74) is 2.02. The summed E-state index contributed by atoms with van der Waals surface area (Å²) in [7, 11) is 1.51. The number of nitrogens with zero attached hydrogens (tertiary/aromatic N) is 1. The fourth-order valence-electron chi connectivity index (χ4n) is 3.36. The van der Waals surface area contributed by atoms with Gasteiger partial charge < -0.3 is 9.47 Å². The van der Waals surface area contributed by atoms with Crippen molar-refractivity contribution in [1.82, 2.24) is 4.90 Å². The van der Waals surface area contributed by atoms with Crippen molar-refractivity contribution in [3.05, 3.63) is 94.7 Å². The molecule has 0 saturated carbocycles. The second-order valence-corrected chi connectivity index (χ2v) is 11.1. The van der Waals surface area contributed by atoms with Crippen molar-refractivity contribution in [3.8, 4) is 11.5 Å². The van der Waals surface area contributed by atoms with Gasteiger partial charge in [-0.25, -0.2) is 0 Å². The topological polar surface area (TPSA) is 55.8 Å². The predicted molar refractivity (Wildman–Crippen MR) is 149 cm³/mol. The summed E-state index contributed by atoms with van der Waals surface area (Å²) in [6, 6.07) is 13.6. The minimum atomic E-state index is -0.413. The normalized spacial score (nSPS) is 14.6. The molecule has 0 spiro atoms. The minimum Gasteiger partial charge on any atom is -0.493 e. The number of benzene rings is 3. The molecule has 0 unspecified atom stereocenters. The molecule has 0 aromatic heterocycles. The van der Waals surface area contributed by atoms with Crippen LogP contribution in [0, 0.1) is 0 Å². The highest BCUT2D eigenvalue weighted by Crippen LogP contribution is 2.40. The number of carbonyl (C=O) groups excluding carboxylic acids is 2. The van der Waals surface area contributed by atoms with E-state index in [0.29, 0.717) is 47.2 Å². The van der Waals surface area contributed by atoms with Gasteiger partial charge in [-0.15, -0.1) is 0 Å². The van der Waals surface area contributed by atoms with Gasteiger partial charge >= 0.3 is 0 Å². The Morgan fingerprint density at radius 2 is 1.58 bits per heavy atom. The first-order chi connectivity index (χ1) is 17.2. The SMILES string of the molecule is COc1cc(/C=C2/SC(=O)N(Cc3ccc(Cl)cc3Cl)C2=O)cc(Br)c1OCc1ccc(Cl)cc1Cl. The quantitative estimate of drug-likeness (QED) is 0.240. The molecule has 1 heterocycles. The molecule has 186 valence electrons. The van der Waals surface area contributed by atoms with Gasteiger partial charge in [-0.05, 0) is 81.3 Å². The minimum absolute atomic E-state index is 0.0467. The lowest BCUT2D eigenvalue weighted by molar-refractivity contribution is -0.123. The molecule has 0 atom stereocenters. The number of ether oxygens (including phenoxy) is 2. The van der Waals surface area contributed by atoms with Crippen molar-refractivity contribution < 1.29 is 19.1 Å². The van der Waals surface area contributed by atoms with E-state index in [1.54, 1.807) is 54.6 Å². The highest BCUT2D eigenvalue weighted by atomic mass is 79.9. The molecule has 11 heteroatoms. The van der Waals surface area contributed by atoms with E-state index in [-0.39, 0.29) is 23.3 Å². The van der Waals surface area contributed by atoms with Crippen LogP contribution in [-0.2, 0) is 17.9 Å². The second-order valence-electron chi connectivity index (χ2n) is 7.56. The van der Waals surface area contributed by atoms with E-state index < -0.39 is 5.91 Å². The first kappa shape index (κ1) is 27.2. The van der Waals surface area contributed by atoms with Crippen molar-refractivity contribution in [3.63, 3.8) is 0 Å². The van der Waals surface area contributed by atoms with Gasteiger partial charge in [0, 0.05) is 25.7 Å². The van der Waals surface area contributed by atoms with Gasteiger partial charge in [-0.1, -0.05) is 58.5 Å². The zero-order valence-corrected chi connectivity index (χ0v) is 23.9. The third-order valence-electron chi connectivity index (χ3n) is 5.15. The molecule has 2 amide bonds. The van der Waals surface area contributed by atoms with E-state index in [1.807, 2.05) is 0 Å². The van der Waals surface area contributed by atoms with Gasteiger partial charge in [0.15, 0.2) is 11.5 Å². The van der Waals surface area contributed by atoms with Crippen LogP contribution in [0.3, 0.4) is 0 Å². The first-order valence-corrected chi connectivity index (χ1v) is 13.4. The van der Waals surface area contributed by atoms with Crippen molar-refractivity contribution in [2.24, 2.45) is 0 Å². The Morgan fingerprint density at radius 3 is 2.19 bits per heavy atom. The summed E-state index contributed by atoms with van der Waals surface area (Å²) in [4.78, 5) is 27.0. The lowest BCUT2D eigenvalue weighted by Crippen LogP contribution is -2.27. The molecule has 3 aromatic rings. The third kappa shape index (κ3) is 6.15. The van der Waals surface area contributed by atoms with Crippen LogP contribution in [0.1, 0.15) is 16.7 Å². The zero-order valence-electron chi connectivity index (χ0n) is 18.5. The molecule has 0 aliphatic carbocycles. The molecule has 4 rings (SSSR count). The van der Waals surface area contributed by atoms with E-state index >= 15 is 0 Å². The van der Waals surface area contributed by atoms with Crippen molar-refractivity contribution >= 4 is 91.3 Å². The number of amides is 2. The molecule has 1 saturated heterocycles. The Kier molecular flexibility index (Phi) is 8.81. The van der Waals surface area contributed by atoms with Crippen molar-refractivity contribution in [1.29, 1.82) is 0 Å². The highest BCUT2D eigenvalue weighted by molar-refractivity contribution is 9.10. The molecule has 3 aromatic carbocycles. The molecule has 1 aliphatic rings. The van der Waals surface area contributed by atoms with Crippen LogP contribution in [0.2, 0.25) is 20.1 Å². The summed E-state index contributed by atoms with van der Waals surface area (Å²) in [5.74, 6) is 0.489. The number of methoxy groups -OCH3 is 1. The van der Waals surface area contributed by atoms with Crippen LogP contribution >= 0.6 is 74.1 Å². The number of hydrogen-bond donors (Lipinski definition) is 0. The zero-order chi connectivity index (χ0) is 26.0. The number of carbonyl (C=O) groups is 2. The number of thioether (sulfide) groups is 1. The predicted octanol–water partition coefficient (Wildman–Crippen LogP) is 8.89. The molecular weight excluding hydrogens is 632 g/mol. The molecule has 1 aliphatic heterocycles. The van der Waals surface area contributed by atoms with Gasteiger partial charge in [0.2, 0.25) is 0 Å². The average molecular weight is 648 g/mol. The van der Waals surface area contributed by atoms with Gasteiger partial charge in [0.05, 0.1) is 23.0 Å². The van der Waals surface area contributed by atoms with Crippen LogP contribution in [0.4, 0.5) is 4.79 Å². The maximum Gasteiger partial charge on any atom is 0.293 e. The lowest BCUT2D eigenvalue weighted by Gasteiger charge is -2.15. The lowest BCUT2D eigenvalue weighted by atomic mass is 10.1. The number of hydrogen-bond acceptors (Lipinski definition) is 5. The largest absolute Gasteiger partial charge is 0.493 e. The Labute approximate surface area is 240 Å². The summed E-state index contributed by atoms with van der Waals surface area (Å²) in [6.07, 6.45) is 1.63. The van der Waals surface area contributed by atoms with E-state index in [0.717, 1.165) is 22.2 Å². The highest BCUT2D eigenvalue weighted by Gasteiger charge is 2.35. The Balaban J connectivity index is 1.54.